The number of Topliss-reactive ketones (excluding diaryl/α,β-unsaturated/α-hetero) is 1. The van der Waals surface area contributed by atoms with Crippen LogP contribution in [0.4, 0.5) is 0 Å². The lowest BCUT2D eigenvalue weighted by molar-refractivity contribution is 0.101. The Bertz CT molecular complexity index is 397. The molecule has 0 atom stereocenters. The van der Waals surface area contributed by atoms with Crippen molar-refractivity contribution in [3.63, 3.8) is 0 Å². The first-order valence-corrected chi connectivity index (χ1v) is 4.40. The van der Waals surface area contributed by atoms with Crippen LogP contribution in [-0.4, -0.2) is 27.7 Å². The minimum Gasteiger partial charge on any atom is -0.507 e. The first kappa shape index (κ1) is 11.2. The first-order chi connectivity index (χ1) is 6.99. The number of phenolic OH excluding ortho intramolecular Hbond substituents is 3. The number of benzene rings is 1. The third kappa shape index (κ3) is 1.96. The van der Waals surface area contributed by atoms with Gasteiger partial charge in [0, 0.05) is 6.07 Å². The van der Waals surface area contributed by atoms with Crippen LogP contribution in [0, 0.1) is 0 Å². The van der Waals surface area contributed by atoms with Gasteiger partial charge in [-0.2, -0.15) is 0 Å². The second-order valence-electron chi connectivity index (χ2n) is 2.96. The summed E-state index contributed by atoms with van der Waals surface area (Å²) in [5, 5.41) is 28.1. The molecule has 1 rings (SSSR count). The van der Waals surface area contributed by atoms with Crippen LogP contribution in [0.5, 0.6) is 23.0 Å². The van der Waals surface area contributed by atoms with Crippen LogP contribution in [-0.2, 0) is 0 Å². The summed E-state index contributed by atoms with van der Waals surface area (Å²) in [6.07, 6.45) is 0. The van der Waals surface area contributed by atoms with Gasteiger partial charge in [-0.25, -0.2) is 0 Å². The van der Waals surface area contributed by atoms with Crippen LogP contribution in [0.2, 0.25) is 0 Å². The van der Waals surface area contributed by atoms with Gasteiger partial charge in [-0.1, -0.05) is 0 Å². The van der Waals surface area contributed by atoms with Crippen molar-refractivity contribution in [2.45, 2.75) is 13.8 Å². The maximum atomic E-state index is 11.2. The summed E-state index contributed by atoms with van der Waals surface area (Å²) >= 11 is 0. The maximum Gasteiger partial charge on any atom is 0.201 e. The van der Waals surface area contributed by atoms with E-state index >= 15 is 0 Å². The molecular formula is C10H12O5. The Morgan fingerprint density at radius 2 is 1.93 bits per heavy atom. The van der Waals surface area contributed by atoms with Gasteiger partial charge in [0.2, 0.25) is 5.75 Å². The van der Waals surface area contributed by atoms with Crippen LogP contribution in [0.15, 0.2) is 6.07 Å². The molecule has 0 radical (unpaired) electrons. The number of rotatable bonds is 3. The zero-order valence-electron chi connectivity index (χ0n) is 8.44. The van der Waals surface area contributed by atoms with Crippen molar-refractivity contribution < 1.29 is 24.9 Å². The summed E-state index contributed by atoms with van der Waals surface area (Å²) in [6, 6.07) is 0.897. The molecule has 0 saturated heterocycles. The van der Waals surface area contributed by atoms with Crippen molar-refractivity contribution in [2.24, 2.45) is 0 Å². The van der Waals surface area contributed by atoms with Crippen LogP contribution in [0.1, 0.15) is 24.2 Å². The molecule has 0 aliphatic rings. The molecule has 0 aromatic heterocycles. The van der Waals surface area contributed by atoms with Gasteiger partial charge in [0.1, 0.15) is 11.3 Å². The van der Waals surface area contributed by atoms with E-state index in [1.165, 1.54) is 6.92 Å². The number of hydrogen-bond donors (Lipinski definition) is 3. The van der Waals surface area contributed by atoms with Crippen molar-refractivity contribution in [3.05, 3.63) is 11.6 Å². The fourth-order valence-corrected chi connectivity index (χ4v) is 1.25. The van der Waals surface area contributed by atoms with Gasteiger partial charge in [-0.05, 0) is 13.8 Å². The summed E-state index contributed by atoms with van der Waals surface area (Å²) in [7, 11) is 0. The van der Waals surface area contributed by atoms with Crippen LogP contribution in [0.25, 0.3) is 0 Å². The molecule has 0 spiro atoms. The fourth-order valence-electron chi connectivity index (χ4n) is 1.25. The standard InChI is InChI=1S/C10H12O5/c1-3-15-10-8(5(2)11)6(12)4-7(13)9(10)14/h4,12-14H,3H2,1-2H3. The van der Waals surface area contributed by atoms with E-state index < -0.39 is 23.0 Å². The molecule has 82 valence electrons. The van der Waals surface area contributed by atoms with E-state index in [0.29, 0.717) is 0 Å². The van der Waals surface area contributed by atoms with Crippen LogP contribution >= 0.6 is 0 Å². The van der Waals surface area contributed by atoms with Gasteiger partial charge in [0.05, 0.1) is 6.61 Å². The molecule has 15 heavy (non-hydrogen) atoms. The van der Waals surface area contributed by atoms with Gasteiger partial charge in [-0.15, -0.1) is 0 Å². The molecule has 5 heteroatoms. The molecule has 3 N–H and O–H groups in total. The average molecular weight is 212 g/mol. The Hall–Kier alpha value is -1.91. The third-order valence-corrected chi connectivity index (χ3v) is 1.86. The van der Waals surface area contributed by atoms with Crippen molar-refractivity contribution in [2.75, 3.05) is 6.61 Å². The van der Waals surface area contributed by atoms with Gasteiger partial charge in [-0.3, -0.25) is 4.79 Å². The number of carbonyl (C=O) groups excluding carboxylic acids is 1. The van der Waals surface area contributed by atoms with Gasteiger partial charge in [0.15, 0.2) is 17.3 Å². The topological polar surface area (TPSA) is 87.0 Å². The number of ketones is 1. The molecular weight excluding hydrogens is 200 g/mol. The normalized spacial score (nSPS) is 10.0. The number of ether oxygens (including phenoxy) is 1. The lowest BCUT2D eigenvalue weighted by atomic mass is 10.1. The monoisotopic (exact) mass is 212 g/mol. The Kier molecular flexibility index (Phi) is 3.04. The van der Waals surface area contributed by atoms with E-state index in [0.717, 1.165) is 6.07 Å². The molecule has 0 bridgehead atoms. The van der Waals surface area contributed by atoms with Crippen molar-refractivity contribution in [1.82, 2.24) is 0 Å². The summed E-state index contributed by atoms with van der Waals surface area (Å²) in [5.74, 6) is -2.13. The summed E-state index contributed by atoms with van der Waals surface area (Å²) < 4.78 is 5.00. The fraction of sp³-hybridized carbons (Fsp3) is 0.300. The Morgan fingerprint density at radius 1 is 1.33 bits per heavy atom. The van der Waals surface area contributed by atoms with E-state index in [-0.39, 0.29) is 17.9 Å². The minimum atomic E-state index is -0.542. The molecule has 0 fully saturated rings. The van der Waals surface area contributed by atoms with E-state index in [9.17, 15) is 20.1 Å². The van der Waals surface area contributed by atoms with Gasteiger partial charge < -0.3 is 20.1 Å². The molecule has 0 unspecified atom stereocenters. The molecule has 0 aliphatic carbocycles. The van der Waals surface area contributed by atoms with Crippen molar-refractivity contribution in [3.8, 4) is 23.0 Å². The zero-order valence-corrected chi connectivity index (χ0v) is 8.44. The SMILES string of the molecule is CCOc1c(O)c(O)cc(O)c1C(C)=O. The highest BCUT2D eigenvalue weighted by Crippen LogP contribution is 2.43. The number of hydrogen-bond acceptors (Lipinski definition) is 5. The van der Waals surface area contributed by atoms with E-state index in [1.54, 1.807) is 6.92 Å². The largest absolute Gasteiger partial charge is 0.507 e. The summed E-state index contributed by atoms with van der Waals surface area (Å²) in [4.78, 5) is 11.2. The summed E-state index contributed by atoms with van der Waals surface area (Å²) in [5.41, 5.74) is -0.132. The van der Waals surface area contributed by atoms with Crippen LogP contribution in [0.3, 0.4) is 0 Å². The highest BCUT2D eigenvalue weighted by molar-refractivity contribution is 6.00. The molecule has 0 aliphatic heterocycles. The van der Waals surface area contributed by atoms with Gasteiger partial charge in [0.25, 0.3) is 0 Å². The van der Waals surface area contributed by atoms with E-state index in [2.05, 4.69) is 0 Å². The minimum absolute atomic E-state index is 0.132. The highest BCUT2D eigenvalue weighted by atomic mass is 16.5. The second kappa shape index (κ2) is 4.08. The lowest BCUT2D eigenvalue weighted by Gasteiger charge is -2.12. The molecule has 1 aromatic rings. The smallest absolute Gasteiger partial charge is 0.201 e. The van der Waals surface area contributed by atoms with Crippen molar-refractivity contribution in [1.29, 1.82) is 0 Å². The zero-order chi connectivity index (χ0) is 11.6. The summed E-state index contributed by atoms with van der Waals surface area (Å²) in [6.45, 7) is 3.09. The van der Waals surface area contributed by atoms with Gasteiger partial charge >= 0.3 is 0 Å². The van der Waals surface area contributed by atoms with Crippen LogP contribution < -0.4 is 4.74 Å². The molecule has 0 heterocycles. The predicted octanol–water partition coefficient (Wildman–Crippen LogP) is 1.40. The first-order valence-electron chi connectivity index (χ1n) is 4.40. The average Bonchev–Trinajstić information content (AvgIpc) is 2.13. The highest BCUT2D eigenvalue weighted by Gasteiger charge is 2.21. The number of carbonyl (C=O) groups is 1. The quantitative estimate of drug-likeness (QED) is 0.400. The second-order valence-corrected chi connectivity index (χ2v) is 2.96. The molecule has 1 aromatic carbocycles. The molecule has 0 saturated carbocycles. The maximum absolute atomic E-state index is 11.2. The van der Waals surface area contributed by atoms with E-state index in [4.69, 9.17) is 4.74 Å². The molecule has 5 nitrogen and oxygen atoms in total. The Balaban J connectivity index is 3.46. The Labute approximate surface area is 86.5 Å². The predicted molar refractivity (Wildman–Crippen MR) is 52.6 cm³/mol. The Morgan fingerprint density at radius 3 is 2.40 bits per heavy atom. The molecule has 0 amide bonds. The third-order valence-electron chi connectivity index (χ3n) is 1.86. The number of phenols is 3. The van der Waals surface area contributed by atoms with Crippen molar-refractivity contribution >= 4 is 5.78 Å². The lowest BCUT2D eigenvalue weighted by Crippen LogP contribution is -2.01. The number of aromatic hydroxyl groups is 3. The van der Waals surface area contributed by atoms with E-state index in [1.807, 2.05) is 0 Å².